The summed E-state index contributed by atoms with van der Waals surface area (Å²) in [6.45, 7) is -0.0703. The molecule has 0 radical (unpaired) electrons. The molecule has 0 aliphatic carbocycles. The lowest BCUT2D eigenvalue weighted by atomic mass is 10.4. The van der Waals surface area contributed by atoms with Crippen molar-refractivity contribution >= 4 is 33.9 Å². The molecule has 0 unspecified atom stereocenters. The molecule has 0 spiro atoms. The summed E-state index contributed by atoms with van der Waals surface area (Å²) in [7, 11) is 0. The van der Waals surface area contributed by atoms with Gasteiger partial charge in [-0.05, 0) is 6.07 Å². The van der Waals surface area contributed by atoms with E-state index in [-0.39, 0.29) is 17.9 Å². The van der Waals surface area contributed by atoms with E-state index in [1.807, 2.05) is 0 Å². The molecule has 102 valence electrons. The van der Waals surface area contributed by atoms with Crippen LogP contribution < -0.4 is 5.56 Å². The highest BCUT2D eigenvalue weighted by Crippen LogP contribution is 2.11. The van der Waals surface area contributed by atoms with Gasteiger partial charge in [0.15, 0.2) is 4.96 Å². The second kappa shape index (κ2) is 5.10. The van der Waals surface area contributed by atoms with Crippen molar-refractivity contribution in [1.29, 1.82) is 0 Å². The quantitative estimate of drug-likeness (QED) is 0.752. The molecular weight excluding hydrogens is 302 g/mol. The third-order valence-electron chi connectivity index (χ3n) is 2.58. The molecule has 0 saturated heterocycles. The number of fused-ring (bicyclic) bond motifs is 1. The van der Waals surface area contributed by atoms with Gasteiger partial charge in [0.25, 0.3) is 5.56 Å². The Morgan fingerprint density at radius 3 is 3.10 bits per heavy atom. The molecule has 0 atom stereocenters. The van der Waals surface area contributed by atoms with Crippen LogP contribution in [0.15, 0.2) is 34.7 Å². The van der Waals surface area contributed by atoms with Crippen molar-refractivity contribution in [3.05, 3.63) is 56.7 Å². The Kier molecular flexibility index (Phi) is 3.29. The lowest BCUT2D eigenvalue weighted by molar-refractivity contribution is 0.0461. The Balaban J connectivity index is 1.76. The molecule has 3 aromatic heterocycles. The highest BCUT2D eigenvalue weighted by molar-refractivity contribution is 7.15. The minimum Gasteiger partial charge on any atom is -0.455 e. The van der Waals surface area contributed by atoms with Crippen LogP contribution in [-0.4, -0.2) is 20.3 Å². The van der Waals surface area contributed by atoms with E-state index in [2.05, 4.69) is 9.97 Å². The molecule has 0 fully saturated rings. The molecule has 6 nitrogen and oxygen atoms in total. The summed E-state index contributed by atoms with van der Waals surface area (Å²) in [5.41, 5.74) is 0.456. The summed E-state index contributed by atoms with van der Waals surface area (Å²) < 4.78 is 6.50. The van der Waals surface area contributed by atoms with Crippen LogP contribution in [0.1, 0.15) is 16.2 Å². The first-order chi connectivity index (χ1) is 9.63. The Labute approximate surface area is 121 Å². The largest absolute Gasteiger partial charge is 0.455 e. The van der Waals surface area contributed by atoms with E-state index in [0.29, 0.717) is 15.7 Å². The molecule has 0 aliphatic rings. The van der Waals surface area contributed by atoms with Gasteiger partial charge < -0.3 is 9.72 Å². The lowest BCUT2D eigenvalue weighted by Crippen LogP contribution is -2.14. The first-order valence-corrected chi connectivity index (χ1v) is 6.86. The number of aromatic nitrogens is 3. The molecule has 0 aromatic carbocycles. The van der Waals surface area contributed by atoms with E-state index in [9.17, 15) is 9.59 Å². The smallest absolute Gasteiger partial charge is 0.355 e. The van der Waals surface area contributed by atoms with Crippen LogP contribution in [0.5, 0.6) is 0 Å². The molecule has 3 heterocycles. The fourth-order valence-electron chi connectivity index (χ4n) is 1.66. The number of thiazole rings is 1. The number of H-pyrrole nitrogens is 1. The number of hydrogen-bond donors (Lipinski definition) is 1. The molecule has 3 rings (SSSR count). The van der Waals surface area contributed by atoms with E-state index in [4.69, 9.17) is 16.3 Å². The van der Waals surface area contributed by atoms with Gasteiger partial charge >= 0.3 is 5.97 Å². The summed E-state index contributed by atoms with van der Waals surface area (Å²) in [6, 6.07) is 2.81. The van der Waals surface area contributed by atoms with Crippen LogP contribution in [-0.2, 0) is 11.3 Å². The molecule has 8 heteroatoms. The second-order valence-corrected chi connectivity index (χ2v) is 5.26. The van der Waals surface area contributed by atoms with Crippen LogP contribution >= 0.6 is 22.9 Å². The van der Waals surface area contributed by atoms with Crippen molar-refractivity contribution in [2.24, 2.45) is 0 Å². The van der Waals surface area contributed by atoms with E-state index < -0.39 is 5.97 Å². The molecule has 0 bridgehead atoms. The standard InChI is InChI=1S/C12H8ClN3O3S/c13-7-3-9(14-5-7)11(18)19-6-8-4-10(17)16-1-2-20-12(16)15-8/h1-5,14H,6H2. The number of nitrogens with one attached hydrogen (secondary N) is 1. The van der Waals surface area contributed by atoms with Gasteiger partial charge in [-0.25, -0.2) is 9.78 Å². The van der Waals surface area contributed by atoms with Crippen LogP contribution in [0.25, 0.3) is 4.96 Å². The summed E-state index contributed by atoms with van der Waals surface area (Å²) >= 11 is 7.04. The van der Waals surface area contributed by atoms with Crippen molar-refractivity contribution in [2.45, 2.75) is 6.61 Å². The van der Waals surface area contributed by atoms with Crippen LogP contribution in [0.3, 0.4) is 0 Å². The van der Waals surface area contributed by atoms with Gasteiger partial charge in [-0.15, -0.1) is 11.3 Å². The summed E-state index contributed by atoms with van der Waals surface area (Å²) in [6.07, 6.45) is 3.13. The number of rotatable bonds is 3. The van der Waals surface area contributed by atoms with E-state index in [1.165, 1.54) is 34.1 Å². The fourth-order valence-corrected chi connectivity index (χ4v) is 2.57. The zero-order valence-corrected chi connectivity index (χ0v) is 11.6. The number of ether oxygens (including phenoxy) is 1. The summed E-state index contributed by atoms with van der Waals surface area (Å²) in [4.78, 5) is 30.9. The van der Waals surface area contributed by atoms with E-state index in [0.717, 1.165) is 0 Å². The predicted molar refractivity (Wildman–Crippen MR) is 74.3 cm³/mol. The summed E-state index contributed by atoms with van der Waals surface area (Å²) in [5, 5.41) is 2.19. The maximum atomic E-state index is 11.7. The zero-order chi connectivity index (χ0) is 14.1. The summed E-state index contributed by atoms with van der Waals surface area (Å²) in [5.74, 6) is -0.551. The van der Waals surface area contributed by atoms with Crippen molar-refractivity contribution in [3.63, 3.8) is 0 Å². The van der Waals surface area contributed by atoms with Crippen molar-refractivity contribution in [3.8, 4) is 0 Å². The monoisotopic (exact) mass is 309 g/mol. The highest BCUT2D eigenvalue weighted by Gasteiger charge is 2.11. The third-order valence-corrected chi connectivity index (χ3v) is 3.55. The number of hydrogen-bond acceptors (Lipinski definition) is 5. The average molecular weight is 310 g/mol. The minimum atomic E-state index is -0.551. The number of esters is 1. The minimum absolute atomic E-state index is 0.0703. The zero-order valence-electron chi connectivity index (χ0n) is 10.00. The van der Waals surface area contributed by atoms with Crippen molar-refractivity contribution in [1.82, 2.24) is 14.4 Å². The van der Waals surface area contributed by atoms with Crippen molar-refractivity contribution in [2.75, 3.05) is 0 Å². The van der Waals surface area contributed by atoms with Gasteiger partial charge in [0.1, 0.15) is 12.3 Å². The molecule has 3 aromatic rings. The predicted octanol–water partition coefficient (Wildman–Crippen LogP) is 2.09. The Bertz CT molecular complexity index is 836. The lowest BCUT2D eigenvalue weighted by Gasteiger charge is -2.03. The molecule has 0 saturated carbocycles. The fraction of sp³-hybridized carbons (Fsp3) is 0.0833. The highest BCUT2D eigenvalue weighted by atomic mass is 35.5. The van der Waals surface area contributed by atoms with Gasteiger partial charge in [-0.2, -0.15) is 0 Å². The van der Waals surface area contributed by atoms with Gasteiger partial charge in [-0.1, -0.05) is 11.6 Å². The number of carbonyl (C=O) groups is 1. The normalized spacial score (nSPS) is 10.8. The van der Waals surface area contributed by atoms with Crippen LogP contribution in [0.4, 0.5) is 0 Å². The maximum Gasteiger partial charge on any atom is 0.355 e. The average Bonchev–Trinajstić information content (AvgIpc) is 3.04. The molecular formula is C12H8ClN3O3S. The molecule has 1 N–H and O–H groups in total. The molecule has 0 amide bonds. The van der Waals surface area contributed by atoms with Gasteiger partial charge in [0.05, 0.1) is 10.7 Å². The number of halogens is 1. The Hall–Kier alpha value is -2.12. The maximum absolute atomic E-state index is 11.7. The molecule has 20 heavy (non-hydrogen) atoms. The SMILES string of the molecule is O=C(OCc1cc(=O)n2ccsc2n1)c1cc(Cl)c[nH]1. The third kappa shape index (κ3) is 2.45. The Morgan fingerprint density at radius 2 is 2.35 bits per heavy atom. The Morgan fingerprint density at radius 1 is 1.50 bits per heavy atom. The first-order valence-electron chi connectivity index (χ1n) is 5.60. The van der Waals surface area contributed by atoms with Gasteiger partial charge in [-0.3, -0.25) is 9.20 Å². The number of nitrogens with zero attached hydrogens (tertiary/aromatic N) is 2. The number of carbonyl (C=O) groups excluding carboxylic acids is 1. The molecule has 0 aliphatic heterocycles. The van der Waals surface area contributed by atoms with Gasteiger partial charge in [0.2, 0.25) is 0 Å². The second-order valence-electron chi connectivity index (χ2n) is 3.95. The van der Waals surface area contributed by atoms with E-state index >= 15 is 0 Å². The van der Waals surface area contributed by atoms with Gasteiger partial charge in [0, 0.05) is 23.8 Å². The van der Waals surface area contributed by atoms with Crippen molar-refractivity contribution < 1.29 is 9.53 Å². The van der Waals surface area contributed by atoms with Crippen LogP contribution in [0, 0.1) is 0 Å². The number of aromatic amines is 1. The van der Waals surface area contributed by atoms with E-state index in [1.54, 1.807) is 11.6 Å². The topological polar surface area (TPSA) is 76.5 Å². The first kappa shape index (κ1) is 12.9. The van der Waals surface area contributed by atoms with Crippen LogP contribution in [0.2, 0.25) is 5.02 Å².